The van der Waals surface area contributed by atoms with Crippen molar-refractivity contribution in [3.63, 3.8) is 0 Å². The number of piperazine rings is 1. The van der Waals surface area contributed by atoms with Crippen molar-refractivity contribution in [3.05, 3.63) is 64.3 Å². The van der Waals surface area contributed by atoms with Gasteiger partial charge in [0.25, 0.3) is 0 Å². The topological polar surface area (TPSA) is 80.5 Å². The summed E-state index contributed by atoms with van der Waals surface area (Å²) < 4.78 is 6.32. The van der Waals surface area contributed by atoms with Crippen molar-refractivity contribution in [2.45, 2.75) is 50.4 Å². The van der Waals surface area contributed by atoms with Gasteiger partial charge >= 0.3 is 6.01 Å². The molecule has 40 heavy (non-hydrogen) atoms. The van der Waals surface area contributed by atoms with Gasteiger partial charge in [-0.05, 0) is 62.4 Å². The minimum atomic E-state index is 0.179. The maximum absolute atomic E-state index is 9.27. The second-order valence-electron chi connectivity index (χ2n) is 11.5. The zero-order valence-electron chi connectivity index (χ0n) is 22.8. The third kappa shape index (κ3) is 4.66. The molecule has 2 aromatic carbocycles. The van der Waals surface area contributed by atoms with Crippen LogP contribution in [0.15, 0.2) is 48.0 Å². The van der Waals surface area contributed by atoms with Crippen LogP contribution in [0.5, 0.6) is 6.01 Å². The molecule has 7 rings (SSSR count). The number of nitrogens with zero attached hydrogens (tertiary/aromatic N) is 6. The molecule has 3 aromatic rings. The summed E-state index contributed by atoms with van der Waals surface area (Å²) in [5.74, 6) is 0.991. The third-order valence-electron chi connectivity index (χ3n) is 9.03. The van der Waals surface area contributed by atoms with Crippen LogP contribution in [-0.4, -0.2) is 72.8 Å². The number of hydrogen-bond acceptors (Lipinski definition) is 8. The summed E-state index contributed by atoms with van der Waals surface area (Å²) in [6, 6.07) is 16.0. The maximum Gasteiger partial charge on any atom is 0.318 e. The van der Waals surface area contributed by atoms with Crippen LogP contribution in [0.2, 0.25) is 5.02 Å². The van der Waals surface area contributed by atoms with Crippen LogP contribution in [0.3, 0.4) is 0 Å². The zero-order valence-corrected chi connectivity index (χ0v) is 23.6. The van der Waals surface area contributed by atoms with E-state index in [1.807, 2.05) is 12.1 Å². The Morgan fingerprint density at radius 1 is 1.15 bits per heavy atom. The molecule has 4 aliphatic rings. The van der Waals surface area contributed by atoms with E-state index >= 15 is 0 Å². The van der Waals surface area contributed by atoms with E-state index in [1.54, 1.807) is 6.08 Å². The number of aromatic nitrogens is 2. The molecule has 1 N–H and O–H groups in total. The molecule has 3 fully saturated rings. The fourth-order valence-corrected chi connectivity index (χ4v) is 7.24. The van der Waals surface area contributed by atoms with Gasteiger partial charge < -0.3 is 24.8 Å². The van der Waals surface area contributed by atoms with E-state index in [2.05, 4.69) is 57.4 Å². The number of fused-ring (bicyclic) bond motifs is 4. The lowest BCUT2D eigenvalue weighted by molar-refractivity contribution is 0.187. The highest BCUT2D eigenvalue weighted by Gasteiger charge is 2.38. The van der Waals surface area contributed by atoms with Crippen molar-refractivity contribution in [1.82, 2.24) is 20.2 Å². The minimum absolute atomic E-state index is 0.179. The Labute approximate surface area is 240 Å². The Bertz CT molecular complexity index is 1510. The van der Waals surface area contributed by atoms with Crippen LogP contribution < -0.4 is 19.9 Å². The van der Waals surface area contributed by atoms with Crippen LogP contribution in [0.4, 0.5) is 11.5 Å². The molecule has 2 bridgehead atoms. The van der Waals surface area contributed by atoms with Gasteiger partial charge in [0, 0.05) is 60.5 Å². The van der Waals surface area contributed by atoms with Crippen LogP contribution in [0.1, 0.15) is 30.5 Å². The normalized spacial score (nSPS) is 25.4. The standard InChI is InChI=1S/C31H34ClN7O/c1-37-13-4-7-23(37)19-40-31-35-27-18-38(28-9-3-6-20-5-2-8-25(32)29(20)28)14-11-24(27)30(36-31)39-16-22-15-21(10-12-33)26(17-39)34-22/h2-3,5-6,8-10,22-23,26,34H,4,7,11,13-19H2,1H3/b21-10+/t22?,23-,26?/m0/s1. The number of ether oxygens (including phenoxy) is 1. The Kier molecular flexibility index (Phi) is 6.74. The second kappa shape index (κ2) is 10.5. The molecule has 206 valence electrons. The molecule has 8 nitrogen and oxygen atoms in total. The molecular formula is C31H34ClN7O. The lowest BCUT2D eigenvalue weighted by Crippen LogP contribution is -2.52. The monoisotopic (exact) mass is 555 g/mol. The lowest BCUT2D eigenvalue weighted by atomic mass is 10.0. The molecule has 3 atom stereocenters. The molecule has 0 spiro atoms. The van der Waals surface area contributed by atoms with E-state index in [0.29, 0.717) is 31.2 Å². The highest BCUT2D eigenvalue weighted by atomic mass is 35.5. The van der Waals surface area contributed by atoms with Gasteiger partial charge in [0.1, 0.15) is 12.4 Å². The number of rotatable bonds is 5. The number of anilines is 2. The molecular weight excluding hydrogens is 522 g/mol. The highest BCUT2D eigenvalue weighted by Crippen LogP contribution is 2.38. The summed E-state index contributed by atoms with van der Waals surface area (Å²) in [4.78, 5) is 17.2. The number of likely N-dealkylation sites (N-methyl/N-ethyl adjacent to an activating group) is 1. The first-order valence-corrected chi connectivity index (χ1v) is 14.7. The molecule has 1 aromatic heterocycles. The average Bonchev–Trinajstić information content (AvgIpc) is 3.51. The Balaban J connectivity index is 1.23. The summed E-state index contributed by atoms with van der Waals surface area (Å²) in [7, 11) is 2.16. The van der Waals surface area contributed by atoms with Gasteiger partial charge in [-0.15, -0.1) is 0 Å². The van der Waals surface area contributed by atoms with Gasteiger partial charge in [0.05, 0.1) is 23.3 Å². The van der Waals surface area contributed by atoms with Crippen LogP contribution in [0.25, 0.3) is 10.8 Å². The van der Waals surface area contributed by atoms with Crippen molar-refractivity contribution in [3.8, 4) is 12.1 Å². The molecule has 2 unspecified atom stereocenters. The van der Waals surface area contributed by atoms with Gasteiger partial charge in [-0.3, -0.25) is 0 Å². The van der Waals surface area contributed by atoms with E-state index in [4.69, 9.17) is 26.3 Å². The predicted molar refractivity (Wildman–Crippen MR) is 158 cm³/mol. The molecule has 0 radical (unpaired) electrons. The molecule has 0 aliphatic carbocycles. The van der Waals surface area contributed by atoms with Gasteiger partial charge in [0.15, 0.2) is 0 Å². The Morgan fingerprint density at radius 3 is 2.85 bits per heavy atom. The second-order valence-corrected chi connectivity index (χ2v) is 11.9. The minimum Gasteiger partial charge on any atom is -0.462 e. The SMILES string of the molecule is CN1CCC[C@H]1COc1nc2c(c(N3CC4C/C(=C\C#N)C(C3)N4)n1)CCN(c1cccc3cccc(Cl)c13)C2. The molecule has 0 amide bonds. The fourth-order valence-electron chi connectivity index (χ4n) is 6.96. The van der Waals surface area contributed by atoms with E-state index in [-0.39, 0.29) is 6.04 Å². The molecule has 9 heteroatoms. The van der Waals surface area contributed by atoms with Crippen molar-refractivity contribution in [2.75, 3.05) is 49.6 Å². The van der Waals surface area contributed by atoms with Gasteiger partial charge in [0.2, 0.25) is 0 Å². The first-order chi connectivity index (χ1) is 19.6. The van der Waals surface area contributed by atoms with E-state index < -0.39 is 0 Å². The van der Waals surface area contributed by atoms with Gasteiger partial charge in [-0.1, -0.05) is 35.9 Å². The molecule has 4 aliphatic heterocycles. The van der Waals surface area contributed by atoms with Crippen LogP contribution in [-0.2, 0) is 13.0 Å². The number of halogens is 1. The Morgan fingerprint density at radius 2 is 2.02 bits per heavy atom. The molecule has 3 saturated heterocycles. The number of nitriles is 1. The van der Waals surface area contributed by atoms with Gasteiger partial charge in [-0.25, -0.2) is 0 Å². The molecule has 5 heterocycles. The Hall–Kier alpha value is -3.38. The highest BCUT2D eigenvalue weighted by molar-refractivity contribution is 6.36. The quantitative estimate of drug-likeness (QED) is 0.466. The fraction of sp³-hybridized carbons (Fsp3) is 0.452. The number of likely N-dealkylation sites (tertiary alicyclic amines) is 1. The van der Waals surface area contributed by atoms with Crippen molar-refractivity contribution >= 4 is 33.9 Å². The van der Waals surface area contributed by atoms with E-state index in [0.717, 1.165) is 78.4 Å². The van der Waals surface area contributed by atoms with E-state index in [9.17, 15) is 5.26 Å². The average molecular weight is 556 g/mol. The summed E-state index contributed by atoms with van der Waals surface area (Å²) >= 11 is 6.70. The number of hydrogen-bond donors (Lipinski definition) is 1. The zero-order chi connectivity index (χ0) is 27.2. The first kappa shape index (κ1) is 25.6. The first-order valence-electron chi connectivity index (χ1n) is 14.3. The lowest BCUT2D eigenvalue weighted by Gasteiger charge is -2.37. The van der Waals surface area contributed by atoms with Crippen LogP contribution >= 0.6 is 11.6 Å². The maximum atomic E-state index is 9.27. The third-order valence-corrected chi connectivity index (χ3v) is 9.35. The summed E-state index contributed by atoms with van der Waals surface area (Å²) in [6.07, 6.45) is 5.81. The van der Waals surface area contributed by atoms with Crippen LogP contribution in [0, 0.1) is 11.3 Å². The van der Waals surface area contributed by atoms with E-state index in [1.165, 1.54) is 17.6 Å². The number of nitrogens with one attached hydrogen (secondary N) is 1. The predicted octanol–water partition coefficient (Wildman–Crippen LogP) is 4.32. The summed E-state index contributed by atoms with van der Waals surface area (Å²) in [6.45, 7) is 4.89. The summed E-state index contributed by atoms with van der Waals surface area (Å²) in [5.41, 5.74) is 4.56. The number of benzene rings is 2. The van der Waals surface area contributed by atoms with Crippen molar-refractivity contribution < 1.29 is 4.74 Å². The van der Waals surface area contributed by atoms with Crippen molar-refractivity contribution in [1.29, 1.82) is 5.26 Å². The van der Waals surface area contributed by atoms with Crippen molar-refractivity contribution in [2.24, 2.45) is 0 Å². The molecule has 0 saturated carbocycles. The summed E-state index contributed by atoms with van der Waals surface area (Å²) in [5, 5.41) is 15.9. The largest absolute Gasteiger partial charge is 0.462 e. The smallest absolute Gasteiger partial charge is 0.318 e. The number of allylic oxidation sites excluding steroid dienone is 1. The van der Waals surface area contributed by atoms with Gasteiger partial charge in [-0.2, -0.15) is 15.2 Å².